The van der Waals surface area contributed by atoms with E-state index in [-0.39, 0.29) is 17.5 Å². The first-order valence-corrected chi connectivity index (χ1v) is 7.93. The van der Waals surface area contributed by atoms with Gasteiger partial charge in [-0.05, 0) is 52.4 Å². The third-order valence-corrected chi connectivity index (χ3v) is 5.38. The summed E-state index contributed by atoms with van der Waals surface area (Å²) in [6.07, 6.45) is 6.18. The van der Waals surface area contributed by atoms with Crippen LogP contribution in [0.4, 0.5) is 0 Å². The molecule has 3 rings (SSSR count). The van der Waals surface area contributed by atoms with Crippen LogP contribution in [0.15, 0.2) is 16.9 Å². The molecule has 22 heavy (non-hydrogen) atoms. The van der Waals surface area contributed by atoms with Crippen LogP contribution in [0.25, 0.3) is 0 Å². The molecule has 0 aromatic rings. The smallest absolute Gasteiger partial charge is 0.309 e. The SMILES string of the molecule is CC1=CNC(C)C(C(=O)NC23CCCC(C(=O)O)(CC2)C3)=N1. The minimum Gasteiger partial charge on any atom is -0.481 e. The molecular formula is C16H23N3O3. The number of rotatable bonds is 3. The number of amides is 1. The van der Waals surface area contributed by atoms with E-state index in [4.69, 9.17) is 0 Å². The number of nitrogens with one attached hydrogen (secondary N) is 2. The summed E-state index contributed by atoms with van der Waals surface area (Å²) in [7, 11) is 0. The third kappa shape index (κ3) is 2.40. The zero-order valence-corrected chi connectivity index (χ0v) is 13.1. The number of nitrogens with zero attached hydrogens (tertiary/aromatic N) is 1. The van der Waals surface area contributed by atoms with Gasteiger partial charge in [-0.3, -0.25) is 9.59 Å². The van der Waals surface area contributed by atoms with Gasteiger partial charge in [0, 0.05) is 11.7 Å². The van der Waals surface area contributed by atoms with E-state index in [2.05, 4.69) is 15.6 Å². The number of carboxylic acid groups (broad SMARTS) is 1. The van der Waals surface area contributed by atoms with Gasteiger partial charge in [-0.2, -0.15) is 0 Å². The second-order valence-corrected chi connectivity index (χ2v) is 7.02. The minimum atomic E-state index is -0.716. The Labute approximate surface area is 130 Å². The summed E-state index contributed by atoms with van der Waals surface area (Å²) >= 11 is 0. The average Bonchev–Trinajstić information content (AvgIpc) is 2.73. The lowest BCUT2D eigenvalue weighted by molar-refractivity contribution is -0.150. The summed E-state index contributed by atoms with van der Waals surface area (Å²) in [4.78, 5) is 28.6. The van der Waals surface area contributed by atoms with Crippen LogP contribution in [-0.2, 0) is 9.59 Å². The fraction of sp³-hybridized carbons (Fsp3) is 0.688. The lowest BCUT2D eigenvalue weighted by Crippen LogP contribution is -2.54. The highest BCUT2D eigenvalue weighted by Gasteiger charge is 2.55. The van der Waals surface area contributed by atoms with Crippen molar-refractivity contribution in [2.24, 2.45) is 10.4 Å². The zero-order valence-electron chi connectivity index (χ0n) is 13.1. The highest BCUT2D eigenvalue weighted by molar-refractivity contribution is 6.41. The molecule has 2 saturated carbocycles. The fourth-order valence-corrected chi connectivity index (χ4v) is 4.15. The first kappa shape index (κ1) is 15.1. The lowest BCUT2D eigenvalue weighted by Gasteiger charge is -2.38. The first-order valence-electron chi connectivity index (χ1n) is 7.93. The Hall–Kier alpha value is -1.85. The van der Waals surface area contributed by atoms with Crippen molar-refractivity contribution in [3.63, 3.8) is 0 Å². The van der Waals surface area contributed by atoms with E-state index in [1.165, 1.54) is 0 Å². The summed E-state index contributed by atoms with van der Waals surface area (Å²) in [5.41, 5.74) is 0.244. The maximum atomic E-state index is 12.6. The number of carbonyl (C=O) groups is 2. The van der Waals surface area contributed by atoms with Crippen LogP contribution in [0.1, 0.15) is 52.4 Å². The van der Waals surface area contributed by atoms with Crippen molar-refractivity contribution in [2.75, 3.05) is 0 Å². The van der Waals surface area contributed by atoms with Crippen LogP contribution in [0.3, 0.4) is 0 Å². The number of aliphatic imine (C=N–C) groups is 1. The van der Waals surface area contributed by atoms with Crippen LogP contribution in [-0.4, -0.2) is 34.3 Å². The molecule has 2 bridgehead atoms. The van der Waals surface area contributed by atoms with E-state index in [9.17, 15) is 14.7 Å². The predicted molar refractivity (Wildman–Crippen MR) is 82.4 cm³/mol. The molecule has 2 fully saturated rings. The summed E-state index contributed by atoms with van der Waals surface area (Å²) in [6, 6.07) is -0.130. The Kier molecular flexibility index (Phi) is 3.50. The Morgan fingerprint density at radius 3 is 2.86 bits per heavy atom. The second-order valence-electron chi connectivity index (χ2n) is 7.02. The van der Waals surface area contributed by atoms with Crippen molar-refractivity contribution < 1.29 is 14.7 Å². The van der Waals surface area contributed by atoms with Crippen LogP contribution in [0, 0.1) is 5.41 Å². The first-order chi connectivity index (χ1) is 10.4. The van der Waals surface area contributed by atoms with Gasteiger partial charge >= 0.3 is 5.97 Å². The lowest BCUT2D eigenvalue weighted by atomic mass is 9.73. The van der Waals surface area contributed by atoms with E-state index >= 15 is 0 Å². The van der Waals surface area contributed by atoms with Gasteiger partial charge in [0.25, 0.3) is 5.91 Å². The molecule has 1 aliphatic heterocycles. The van der Waals surface area contributed by atoms with E-state index in [1.54, 1.807) is 6.20 Å². The van der Waals surface area contributed by atoms with Crippen molar-refractivity contribution in [3.8, 4) is 0 Å². The van der Waals surface area contributed by atoms with Crippen LogP contribution >= 0.6 is 0 Å². The number of allylic oxidation sites excluding steroid dienone is 1. The Balaban J connectivity index is 1.77. The predicted octanol–water partition coefficient (Wildman–Crippen LogP) is 1.57. The highest BCUT2D eigenvalue weighted by Crippen LogP contribution is 2.53. The van der Waals surface area contributed by atoms with Crippen molar-refractivity contribution in [3.05, 3.63) is 11.9 Å². The largest absolute Gasteiger partial charge is 0.481 e. The van der Waals surface area contributed by atoms with Crippen molar-refractivity contribution in [1.29, 1.82) is 0 Å². The van der Waals surface area contributed by atoms with Gasteiger partial charge in [0.2, 0.25) is 0 Å². The number of hydrogen-bond donors (Lipinski definition) is 3. The number of aliphatic carboxylic acids is 1. The minimum absolute atomic E-state index is 0.130. The number of carboxylic acids is 1. The molecule has 3 unspecified atom stereocenters. The number of fused-ring (bicyclic) bond motifs is 2. The van der Waals surface area contributed by atoms with E-state index in [1.807, 2.05) is 13.8 Å². The molecule has 0 spiro atoms. The molecule has 0 saturated heterocycles. The third-order valence-electron chi connectivity index (χ3n) is 5.38. The molecule has 0 radical (unpaired) electrons. The number of carbonyl (C=O) groups excluding carboxylic acids is 1. The Morgan fingerprint density at radius 2 is 2.14 bits per heavy atom. The molecule has 3 atom stereocenters. The van der Waals surface area contributed by atoms with Crippen molar-refractivity contribution in [2.45, 2.75) is 64.0 Å². The molecule has 1 amide bonds. The average molecular weight is 305 g/mol. The highest BCUT2D eigenvalue weighted by atomic mass is 16.4. The van der Waals surface area contributed by atoms with Crippen LogP contribution in [0.5, 0.6) is 0 Å². The van der Waals surface area contributed by atoms with E-state index < -0.39 is 11.4 Å². The quantitative estimate of drug-likeness (QED) is 0.738. The summed E-state index contributed by atoms with van der Waals surface area (Å²) in [6.45, 7) is 3.74. The van der Waals surface area contributed by atoms with Gasteiger partial charge in [-0.25, -0.2) is 4.99 Å². The topological polar surface area (TPSA) is 90.8 Å². The Morgan fingerprint density at radius 1 is 1.36 bits per heavy atom. The van der Waals surface area contributed by atoms with E-state index in [0.717, 1.165) is 31.4 Å². The van der Waals surface area contributed by atoms with Gasteiger partial charge in [-0.1, -0.05) is 0 Å². The normalized spacial score (nSPS) is 36.9. The maximum absolute atomic E-state index is 12.6. The molecule has 6 nitrogen and oxygen atoms in total. The van der Waals surface area contributed by atoms with E-state index in [0.29, 0.717) is 18.6 Å². The van der Waals surface area contributed by atoms with Crippen LogP contribution < -0.4 is 10.6 Å². The van der Waals surface area contributed by atoms with Gasteiger partial charge < -0.3 is 15.7 Å². The maximum Gasteiger partial charge on any atom is 0.309 e. The van der Waals surface area contributed by atoms with Gasteiger partial charge in [0.1, 0.15) is 5.71 Å². The van der Waals surface area contributed by atoms with Gasteiger partial charge in [-0.15, -0.1) is 0 Å². The summed E-state index contributed by atoms with van der Waals surface area (Å²) in [5.74, 6) is -0.886. The van der Waals surface area contributed by atoms with Crippen molar-refractivity contribution >= 4 is 17.6 Å². The summed E-state index contributed by atoms with van der Waals surface area (Å²) < 4.78 is 0. The second kappa shape index (κ2) is 5.11. The van der Waals surface area contributed by atoms with Gasteiger partial charge in [0.15, 0.2) is 0 Å². The zero-order chi connectivity index (χ0) is 16.0. The molecule has 6 heteroatoms. The molecule has 1 heterocycles. The molecule has 0 aromatic carbocycles. The molecule has 3 N–H and O–H groups in total. The van der Waals surface area contributed by atoms with Gasteiger partial charge in [0.05, 0.1) is 17.2 Å². The number of hydrogen-bond acceptors (Lipinski definition) is 4. The molecule has 120 valence electrons. The standard InChI is InChI=1S/C16H23N3O3/c1-10-8-17-11(2)12(18-10)13(20)19-16-5-3-4-15(9-16,6-7-16)14(21)22/h8,11,17H,3-7,9H2,1-2H3,(H,19,20)(H,21,22). The molecule has 2 aliphatic carbocycles. The fourth-order valence-electron chi connectivity index (χ4n) is 4.15. The van der Waals surface area contributed by atoms with Crippen LogP contribution in [0.2, 0.25) is 0 Å². The Bertz CT molecular complexity index is 583. The molecule has 0 aromatic heterocycles. The molecular weight excluding hydrogens is 282 g/mol. The molecule has 3 aliphatic rings. The summed E-state index contributed by atoms with van der Waals surface area (Å²) in [5, 5.41) is 15.8. The monoisotopic (exact) mass is 305 g/mol. The van der Waals surface area contributed by atoms with Crippen molar-refractivity contribution in [1.82, 2.24) is 10.6 Å².